The zero-order chi connectivity index (χ0) is 15.1. The molecule has 0 aromatic heterocycles. The van der Waals surface area contributed by atoms with Crippen molar-refractivity contribution < 1.29 is 27.3 Å². The predicted molar refractivity (Wildman–Crippen MR) is 85.7 cm³/mol. The van der Waals surface area contributed by atoms with Gasteiger partial charge in [0, 0.05) is 40.6 Å². The summed E-state index contributed by atoms with van der Waals surface area (Å²) in [5, 5.41) is 19.2. The Morgan fingerprint density at radius 2 is 1.41 bits per heavy atom. The molecule has 0 amide bonds. The van der Waals surface area contributed by atoms with Gasteiger partial charge in [-0.15, -0.1) is 0 Å². The van der Waals surface area contributed by atoms with E-state index in [0.29, 0.717) is 17.7 Å². The molecular weight excluding hydrogens is 328 g/mol. The SMILES string of the molecule is CC(CN=Cc1ccccc1O)N=Cc1ccccc1O.[Cu]. The standard InChI is InChI=1S/C17H18N2O2.Cu/c1-13(19-12-15-7-3-5-9-17(15)21)10-18-11-14-6-2-4-8-16(14)20;/h2-9,11-13,20-21H,10H2,1H3;. The van der Waals surface area contributed by atoms with E-state index in [1.54, 1.807) is 48.8 Å². The molecule has 0 aliphatic carbocycles. The molecule has 1 atom stereocenters. The van der Waals surface area contributed by atoms with Crippen molar-refractivity contribution in [3.63, 3.8) is 0 Å². The number of rotatable bonds is 5. The Morgan fingerprint density at radius 1 is 0.909 bits per heavy atom. The predicted octanol–water partition coefficient (Wildman–Crippen LogP) is 3.02. The number of phenolic OH excluding ortho intramolecular Hbond substituents is 2. The molecule has 2 rings (SSSR count). The number of nitrogens with zero attached hydrogens (tertiary/aromatic N) is 2. The second-order valence-corrected chi connectivity index (χ2v) is 4.74. The van der Waals surface area contributed by atoms with Gasteiger partial charge < -0.3 is 10.2 Å². The summed E-state index contributed by atoms with van der Waals surface area (Å²) < 4.78 is 0. The van der Waals surface area contributed by atoms with Gasteiger partial charge in [0.05, 0.1) is 12.6 Å². The maximum absolute atomic E-state index is 9.63. The molecule has 0 bridgehead atoms. The second-order valence-electron chi connectivity index (χ2n) is 4.74. The molecule has 119 valence electrons. The third-order valence-corrected chi connectivity index (χ3v) is 2.94. The van der Waals surface area contributed by atoms with Crippen LogP contribution in [0.15, 0.2) is 58.5 Å². The molecule has 5 heteroatoms. The van der Waals surface area contributed by atoms with Gasteiger partial charge in [-0.1, -0.05) is 24.3 Å². The first-order valence-electron chi connectivity index (χ1n) is 6.76. The van der Waals surface area contributed by atoms with Crippen LogP contribution in [0.3, 0.4) is 0 Å². The monoisotopic (exact) mass is 345 g/mol. The molecule has 1 unspecified atom stereocenters. The molecule has 2 aromatic carbocycles. The Labute approximate surface area is 140 Å². The normalized spacial score (nSPS) is 12.4. The summed E-state index contributed by atoms with van der Waals surface area (Å²) in [6.45, 7) is 2.46. The van der Waals surface area contributed by atoms with Gasteiger partial charge in [0.15, 0.2) is 0 Å². The van der Waals surface area contributed by atoms with Crippen molar-refractivity contribution in [3.05, 3.63) is 59.7 Å². The minimum atomic E-state index is -0.00767. The smallest absolute Gasteiger partial charge is 0.124 e. The van der Waals surface area contributed by atoms with E-state index in [-0.39, 0.29) is 34.6 Å². The summed E-state index contributed by atoms with van der Waals surface area (Å²) in [6, 6.07) is 14.1. The number of benzene rings is 2. The fourth-order valence-electron chi connectivity index (χ4n) is 1.75. The number of para-hydroxylation sites is 2. The van der Waals surface area contributed by atoms with Crippen LogP contribution in [0.2, 0.25) is 0 Å². The van der Waals surface area contributed by atoms with Crippen LogP contribution in [0.5, 0.6) is 11.5 Å². The Morgan fingerprint density at radius 3 is 1.95 bits per heavy atom. The largest absolute Gasteiger partial charge is 0.507 e. The summed E-state index contributed by atoms with van der Waals surface area (Å²) in [7, 11) is 0. The molecule has 1 radical (unpaired) electrons. The van der Waals surface area contributed by atoms with Crippen LogP contribution >= 0.6 is 0 Å². The molecule has 0 spiro atoms. The van der Waals surface area contributed by atoms with Gasteiger partial charge in [0.2, 0.25) is 0 Å². The molecule has 0 fully saturated rings. The summed E-state index contributed by atoms with van der Waals surface area (Å²) in [5.41, 5.74) is 1.38. The molecule has 2 aromatic rings. The van der Waals surface area contributed by atoms with E-state index < -0.39 is 0 Å². The van der Waals surface area contributed by atoms with E-state index in [4.69, 9.17) is 0 Å². The topological polar surface area (TPSA) is 65.2 Å². The third-order valence-electron chi connectivity index (χ3n) is 2.94. The summed E-state index contributed by atoms with van der Waals surface area (Å²) >= 11 is 0. The fraction of sp³-hybridized carbons (Fsp3) is 0.176. The van der Waals surface area contributed by atoms with Crippen molar-refractivity contribution in [2.45, 2.75) is 13.0 Å². The summed E-state index contributed by atoms with van der Waals surface area (Å²) in [5.74, 6) is 0.428. The van der Waals surface area contributed by atoms with Crippen molar-refractivity contribution in [2.75, 3.05) is 6.54 Å². The quantitative estimate of drug-likeness (QED) is 0.646. The zero-order valence-corrected chi connectivity index (χ0v) is 13.1. The summed E-state index contributed by atoms with van der Waals surface area (Å²) in [6.07, 6.45) is 3.29. The molecule has 0 aliphatic rings. The maximum atomic E-state index is 9.63. The Hall–Kier alpha value is -2.10. The average Bonchev–Trinajstić information content (AvgIpc) is 2.48. The van der Waals surface area contributed by atoms with Gasteiger partial charge in [0.1, 0.15) is 11.5 Å². The van der Waals surface area contributed by atoms with Gasteiger partial charge in [-0.25, -0.2) is 0 Å². The van der Waals surface area contributed by atoms with Gasteiger partial charge >= 0.3 is 0 Å². The molecule has 0 aliphatic heterocycles. The Balaban J connectivity index is 0.00000242. The van der Waals surface area contributed by atoms with Crippen LogP contribution in [-0.4, -0.2) is 35.2 Å². The van der Waals surface area contributed by atoms with Crippen molar-refractivity contribution >= 4 is 12.4 Å². The van der Waals surface area contributed by atoms with Crippen LogP contribution in [0.4, 0.5) is 0 Å². The van der Waals surface area contributed by atoms with E-state index in [2.05, 4.69) is 9.98 Å². The van der Waals surface area contributed by atoms with E-state index in [0.717, 1.165) is 0 Å². The number of aromatic hydroxyl groups is 2. The van der Waals surface area contributed by atoms with Crippen molar-refractivity contribution in [3.8, 4) is 11.5 Å². The minimum Gasteiger partial charge on any atom is -0.507 e. The van der Waals surface area contributed by atoms with E-state index in [1.165, 1.54) is 0 Å². The molecular formula is C17H18CuN2O2. The van der Waals surface area contributed by atoms with Crippen molar-refractivity contribution in [1.29, 1.82) is 0 Å². The van der Waals surface area contributed by atoms with Gasteiger partial charge in [0.25, 0.3) is 0 Å². The van der Waals surface area contributed by atoms with Crippen LogP contribution in [-0.2, 0) is 17.1 Å². The summed E-state index contributed by atoms with van der Waals surface area (Å²) in [4.78, 5) is 8.62. The third kappa shape index (κ3) is 5.35. The van der Waals surface area contributed by atoms with Crippen LogP contribution in [0.25, 0.3) is 0 Å². The average molecular weight is 346 g/mol. The van der Waals surface area contributed by atoms with Crippen molar-refractivity contribution in [2.24, 2.45) is 9.98 Å². The fourth-order valence-corrected chi connectivity index (χ4v) is 1.75. The Bertz CT molecular complexity index is 657. The van der Waals surface area contributed by atoms with Gasteiger partial charge in [-0.05, 0) is 31.2 Å². The maximum Gasteiger partial charge on any atom is 0.124 e. The first-order valence-corrected chi connectivity index (χ1v) is 6.76. The van der Waals surface area contributed by atoms with Gasteiger partial charge in [-0.3, -0.25) is 9.98 Å². The molecule has 22 heavy (non-hydrogen) atoms. The minimum absolute atomic E-state index is 0. The second kappa shape index (κ2) is 9.03. The zero-order valence-electron chi connectivity index (χ0n) is 12.1. The number of hydrogen-bond acceptors (Lipinski definition) is 4. The van der Waals surface area contributed by atoms with E-state index in [1.807, 2.05) is 19.1 Å². The van der Waals surface area contributed by atoms with Crippen molar-refractivity contribution in [1.82, 2.24) is 0 Å². The molecule has 4 nitrogen and oxygen atoms in total. The number of aliphatic imine (C=N–C) groups is 2. The molecule has 0 heterocycles. The first kappa shape index (κ1) is 17.9. The van der Waals surface area contributed by atoms with Crippen LogP contribution in [0, 0.1) is 0 Å². The Kier molecular flexibility index (Phi) is 7.37. The van der Waals surface area contributed by atoms with Crippen LogP contribution in [0.1, 0.15) is 18.1 Å². The first-order chi connectivity index (χ1) is 10.2. The van der Waals surface area contributed by atoms with Gasteiger partial charge in [-0.2, -0.15) is 0 Å². The van der Waals surface area contributed by atoms with Crippen LogP contribution < -0.4 is 0 Å². The van der Waals surface area contributed by atoms with E-state index >= 15 is 0 Å². The number of phenols is 2. The molecule has 0 saturated heterocycles. The molecule has 2 N–H and O–H groups in total. The number of hydrogen-bond donors (Lipinski definition) is 2. The molecule has 0 saturated carbocycles. The van der Waals surface area contributed by atoms with E-state index in [9.17, 15) is 10.2 Å².